The van der Waals surface area contributed by atoms with E-state index in [4.69, 9.17) is 4.74 Å². The summed E-state index contributed by atoms with van der Waals surface area (Å²) in [4.78, 5) is 24.0. The van der Waals surface area contributed by atoms with Gasteiger partial charge in [-0.25, -0.2) is 9.97 Å². The summed E-state index contributed by atoms with van der Waals surface area (Å²) in [7, 11) is 1.57. The van der Waals surface area contributed by atoms with Crippen LogP contribution in [0.15, 0.2) is 53.0 Å². The van der Waals surface area contributed by atoms with Crippen LogP contribution in [0.4, 0.5) is 23.0 Å². The highest BCUT2D eigenvalue weighted by atomic mass is 79.9. The second kappa shape index (κ2) is 9.34. The number of carbonyl (C=O) groups excluding carboxylic acids is 1. The van der Waals surface area contributed by atoms with Crippen molar-refractivity contribution in [3.05, 3.63) is 64.4 Å². The number of rotatable bonds is 6. The zero-order valence-corrected chi connectivity index (χ0v) is 19.1. The Hall–Kier alpha value is -3.13. The Bertz CT molecular complexity index is 1080. The summed E-state index contributed by atoms with van der Waals surface area (Å²) in [5.41, 5.74) is 2.08. The number of halogens is 1. The van der Waals surface area contributed by atoms with Crippen LogP contribution < -0.4 is 20.3 Å². The van der Waals surface area contributed by atoms with Gasteiger partial charge in [0.15, 0.2) is 0 Å². The van der Waals surface area contributed by atoms with Crippen molar-refractivity contribution < 1.29 is 9.53 Å². The second-order valence-electron chi connectivity index (χ2n) is 7.36. The van der Waals surface area contributed by atoms with E-state index in [1.54, 1.807) is 25.3 Å². The zero-order valence-electron chi connectivity index (χ0n) is 17.5. The minimum atomic E-state index is -0.215. The number of amides is 1. The van der Waals surface area contributed by atoms with E-state index in [-0.39, 0.29) is 5.91 Å². The van der Waals surface area contributed by atoms with Crippen LogP contribution in [-0.2, 0) is 0 Å². The van der Waals surface area contributed by atoms with Gasteiger partial charge in [0, 0.05) is 35.0 Å². The summed E-state index contributed by atoms with van der Waals surface area (Å²) in [6.07, 6.45) is 2.40. The largest absolute Gasteiger partial charge is 0.497 e. The highest BCUT2D eigenvalue weighted by molar-refractivity contribution is 9.10. The fourth-order valence-electron chi connectivity index (χ4n) is 3.51. The van der Waals surface area contributed by atoms with Gasteiger partial charge in [-0.2, -0.15) is 0 Å². The van der Waals surface area contributed by atoms with E-state index in [9.17, 15) is 4.79 Å². The van der Waals surface area contributed by atoms with Crippen LogP contribution in [0.1, 0.15) is 29.0 Å². The Morgan fingerprint density at radius 2 is 1.74 bits per heavy atom. The van der Waals surface area contributed by atoms with Crippen molar-refractivity contribution in [3.63, 3.8) is 0 Å². The summed E-state index contributed by atoms with van der Waals surface area (Å²) in [5.74, 6) is 2.86. The van der Waals surface area contributed by atoms with E-state index in [2.05, 4.69) is 41.4 Å². The van der Waals surface area contributed by atoms with Crippen LogP contribution in [-0.4, -0.2) is 36.1 Å². The number of nitrogens with one attached hydrogen (secondary N) is 2. The number of anilines is 4. The fraction of sp³-hybridized carbons (Fsp3) is 0.261. The van der Waals surface area contributed by atoms with Gasteiger partial charge in [-0.1, -0.05) is 0 Å². The first-order chi connectivity index (χ1) is 15.0. The summed E-state index contributed by atoms with van der Waals surface area (Å²) < 4.78 is 5.91. The monoisotopic (exact) mass is 481 g/mol. The Kier molecular flexibility index (Phi) is 6.36. The molecule has 0 spiro atoms. The van der Waals surface area contributed by atoms with Gasteiger partial charge in [0.2, 0.25) is 0 Å². The summed E-state index contributed by atoms with van der Waals surface area (Å²) in [6.45, 7) is 3.97. The molecule has 0 aliphatic carbocycles. The molecule has 1 saturated heterocycles. The van der Waals surface area contributed by atoms with Crippen molar-refractivity contribution >= 4 is 44.8 Å². The standard InChI is InChI=1S/C23H24BrN5O2/c1-15-25-21(14-22(26-15)29-11-3-4-12-29)27-16-5-7-17(8-6-16)28-23(30)19-13-18(31-2)9-10-20(19)24/h5-10,13-14H,3-4,11-12H2,1-2H3,(H,28,30)(H,25,26,27). The number of carbonyl (C=O) groups is 1. The van der Waals surface area contributed by atoms with Crippen LogP contribution in [0, 0.1) is 6.92 Å². The average Bonchev–Trinajstić information content (AvgIpc) is 3.30. The molecule has 8 heteroatoms. The Balaban J connectivity index is 1.45. The first-order valence-electron chi connectivity index (χ1n) is 10.1. The molecule has 0 unspecified atom stereocenters. The molecule has 160 valence electrons. The molecular weight excluding hydrogens is 458 g/mol. The summed E-state index contributed by atoms with van der Waals surface area (Å²) in [5, 5.41) is 6.24. The minimum Gasteiger partial charge on any atom is -0.497 e. The fourth-order valence-corrected chi connectivity index (χ4v) is 3.94. The van der Waals surface area contributed by atoms with Crippen LogP contribution in [0.5, 0.6) is 5.75 Å². The van der Waals surface area contributed by atoms with E-state index < -0.39 is 0 Å². The molecule has 4 rings (SSSR count). The van der Waals surface area contributed by atoms with Gasteiger partial charge in [-0.05, 0) is 78.2 Å². The summed E-state index contributed by atoms with van der Waals surface area (Å²) in [6, 6.07) is 14.8. The number of nitrogens with zero attached hydrogens (tertiary/aromatic N) is 3. The van der Waals surface area contributed by atoms with E-state index >= 15 is 0 Å². The van der Waals surface area contributed by atoms with Gasteiger partial charge in [0.05, 0.1) is 12.7 Å². The van der Waals surface area contributed by atoms with Crippen molar-refractivity contribution in [3.8, 4) is 5.75 Å². The van der Waals surface area contributed by atoms with E-state index in [1.807, 2.05) is 37.3 Å². The predicted octanol–water partition coefficient (Wildman–Crippen LogP) is 5.15. The van der Waals surface area contributed by atoms with Crippen LogP contribution in [0.2, 0.25) is 0 Å². The quantitative estimate of drug-likeness (QED) is 0.506. The van der Waals surface area contributed by atoms with Crippen LogP contribution in [0.3, 0.4) is 0 Å². The van der Waals surface area contributed by atoms with E-state index in [1.165, 1.54) is 12.8 Å². The van der Waals surface area contributed by atoms with Gasteiger partial charge in [0.1, 0.15) is 23.2 Å². The number of aryl methyl sites for hydroxylation is 1. The van der Waals surface area contributed by atoms with Gasteiger partial charge < -0.3 is 20.3 Å². The number of hydrogen-bond donors (Lipinski definition) is 2. The molecule has 1 aromatic heterocycles. The third-order valence-electron chi connectivity index (χ3n) is 5.09. The van der Waals surface area contributed by atoms with Crippen molar-refractivity contribution in [2.45, 2.75) is 19.8 Å². The molecule has 2 aromatic carbocycles. The second-order valence-corrected chi connectivity index (χ2v) is 8.21. The van der Waals surface area contributed by atoms with E-state index in [0.29, 0.717) is 21.5 Å². The molecular formula is C23H24BrN5O2. The third kappa shape index (κ3) is 5.14. The molecule has 2 heterocycles. The minimum absolute atomic E-state index is 0.215. The zero-order chi connectivity index (χ0) is 21.8. The number of hydrogen-bond acceptors (Lipinski definition) is 6. The normalized spacial score (nSPS) is 13.2. The average molecular weight is 482 g/mol. The molecule has 2 N–H and O–H groups in total. The van der Waals surface area contributed by atoms with Crippen molar-refractivity contribution in [1.82, 2.24) is 9.97 Å². The van der Waals surface area contributed by atoms with Crippen molar-refractivity contribution in [2.24, 2.45) is 0 Å². The molecule has 0 bridgehead atoms. The predicted molar refractivity (Wildman–Crippen MR) is 127 cm³/mol. The number of benzene rings is 2. The SMILES string of the molecule is COc1ccc(Br)c(C(=O)Nc2ccc(Nc3cc(N4CCCC4)nc(C)n3)cc2)c1. The lowest BCUT2D eigenvalue weighted by molar-refractivity contribution is 0.102. The molecule has 1 amide bonds. The lowest BCUT2D eigenvalue weighted by Gasteiger charge is -2.18. The van der Waals surface area contributed by atoms with Crippen LogP contribution >= 0.6 is 15.9 Å². The Morgan fingerprint density at radius 3 is 2.45 bits per heavy atom. The molecule has 3 aromatic rings. The number of aromatic nitrogens is 2. The highest BCUT2D eigenvalue weighted by Crippen LogP contribution is 2.25. The molecule has 1 aliphatic heterocycles. The Labute approximate surface area is 190 Å². The molecule has 0 saturated carbocycles. The maximum atomic E-state index is 12.6. The first-order valence-corrected chi connectivity index (χ1v) is 10.9. The van der Waals surface area contributed by atoms with Gasteiger partial charge in [-0.3, -0.25) is 4.79 Å². The summed E-state index contributed by atoms with van der Waals surface area (Å²) >= 11 is 3.42. The number of ether oxygens (including phenoxy) is 1. The maximum Gasteiger partial charge on any atom is 0.256 e. The van der Waals surface area contributed by atoms with Crippen molar-refractivity contribution in [1.29, 1.82) is 0 Å². The smallest absolute Gasteiger partial charge is 0.256 e. The van der Waals surface area contributed by atoms with Gasteiger partial charge in [-0.15, -0.1) is 0 Å². The molecule has 0 radical (unpaired) electrons. The lowest BCUT2D eigenvalue weighted by atomic mass is 10.2. The first kappa shape index (κ1) is 21.1. The number of methoxy groups -OCH3 is 1. The Morgan fingerprint density at radius 1 is 1.03 bits per heavy atom. The third-order valence-corrected chi connectivity index (χ3v) is 5.78. The van der Waals surface area contributed by atoms with Gasteiger partial charge >= 0.3 is 0 Å². The molecule has 0 atom stereocenters. The topological polar surface area (TPSA) is 79.4 Å². The molecule has 31 heavy (non-hydrogen) atoms. The molecule has 1 fully saturated rings. The van der Waals surface area contributed by atoms with E-state index in [0.717, 1.165) is 36.2 Å². The highest BCUT2D eigenvalue weighted by Gasteiger charge is 2.15. The molecule has 1 aliphatic rings. The molecule has 7 nitrogen and oxygen atoms in total. The lowest BCUT2D eigenvalue weighted by Crippen LogP contribution is -2.19. The van der Waals surface area contributed by atoms with Crippen LogP contribution in [0.25, 0.3) is 0 Å². The van der Waals surface area contributed by atoms with Gasteiger partial charge in [0.25, 0.3) is 5.91 Å². The van der Waals surface area contributed by atoms with Crippen molar-refractivity contribution in [2.75, 3.05) is 35.7 Å². The maximum absolute atomic E-state index is 12.6.